The van der Waals surface area contributed by atoms with E-state index < -0.39 is 10.0 Å². The van der Waals surface area contributed by atoms with Gasteiger partial charge in [0.25, 0.3) is 10.0 Å². The van der Waals surface area contributed by atoms with E-state index in [0.717, 1.165) is 19.4 Å². The summed E-state index contributed by atoms with van der Waals surface area (Å²) in [6.07, 6.45) is 5.01. The van der Waals surface area contributed by atoms with E-state index in [0.29, 0.717) is 24.6 Å². The summed E-state index contributed by atoms with van der Waals surface area (Å²) >= 11 is 0. The number of nitrogens with zero attached hydrogens (tertiary/aromatic N) is 1. The Morgan fingerprint density at radius 1 is 1.50 bits per heavy atom. The van der Waals surface area contributed by atoms with Gasteiger partial charge in [0.15, 0.2) is 5.03 Å². The third kappa shape index (κ3) is 3.09. The summed E-state index contributed by atoms with van der Waals surface area (Å²) < 4.78 is 26.9. The lowest BCUT2D eigenvalue weighted by Gasteiger charge is -2.25. The molecule has 0 bridgehead atoms. The highest BCUT2D eigenvalue weighted by molar-refractivity contribution is 7.89. The molecule has 0 amide bonds. The lowest BCUT2D eigenvalue weighted by molar-refractivity contribution is 0.316. The predicted molar refractivity (Wildman–Crippen MR) is 68.5 cm³/mol. The summed E-state index contributed by atoms with van der Waals surface area (Å²) in [4.78, 5) is 0. The molecule has 1 aromatic rings. The first-order chi connectivity index (χ1) is 8.63. The van der Waals surface area contributed by atoms with Crippen molar-refractivity contribution in [3.63, 3.8) is 0 Å². The SMILES string of the molecule is CCNCc1cn[nH]c1S(=O)(=O)NCC1CCC1. The number of hydrogen-bond donors (Lipinski definition) is 3. The van der Waals surface area contributed by atoms with E-state index in [1.807, 2.05) is 6.92 Å². The van der Waals surface area contributed by atoms with E-state index in [1.165, 1.54) is 6.42 Å². The Morgan fingerprint density at radius 3 is 2.89 bits per heavy atom. The van der Waals surface area contributed by atoms with Crippen LogP contribution in [0, 0.1) is 5.92 Å². The number of aromatic amines is 1. The number of sulfonamides is 1. The zero-order chi connectivity index (χ0) is 13.0. The van der Waals surface area contributed by atoms with Gasteiger partial charge in [-0.1, -0.05) is 13.3 Å². The number of nitrogens with one attached hydrogen (secondary N) is 3. The molecule has 1 fully saturated rings. The summed E-state index contributed by atoms with van der Waals surface area (Å²) in [7, 11) is -3.46. The molecule has 7 heteroatoms. The van der Waals surface area contributed by atoms with Gasteiger partial charge in [-0.2, -0.15) is 5.10 Å². The fraction of sp³-hybridized carbons (Fsp3) is 0.727. The maximum atomic E-state index is 12.1. The van der Waals surface area contributed by atoms with Crippen molar-refractivity contribution in [2.24, 2.45) is 5.92 Å². The molecular formula is C11H20N4O2S. The number of aromatic nitrogens is 2. The third-order valence-electron chi connectivity index (χ3n) is 3.30. The Balaban J connectivity index is 2.01. The predicted octanol–water partition coefficient (Wildman–Crippen LogP) is 0.598. The van der Waals surface area contributed by atoms with Crippen LogP contribution in [-0.4, -0.2) is 31.7 Å². The summed E-state index contributed by atoms with van der Waals surface area (Å²) in [5.41, 5.74) is 0.679. The van der Waals surface area contributed by atoms with Crippen LogP contribution >= 0.6 is 0 Å². The average molecular weight is 272 g/mol. The van der Waals surface area contributed by atoms with Crippen molar-refractivity contribution >= 4 is 10.0 Å². The van der Waals surface area contributed by atoms with Crippen molar-refractivity contribution in [2.45, 2.75) is 37.8 Å². The van der Waals surface area contributed by atoms with Crippen molar-refractivity contribution in [3.8, 4) is 0 Å². The Morgan fingerprint density at radius 2 is 2.28 bits per heavy atom. The maximum Gasteiger partial charge on any atom is 0.257 e. The second-order valence-electron chi connectivity index (χ2n) is 4.65. The lowest BCUT2D eigenvalue weighted by Crippen LogP contribution is -2.33. The van der Waals surface area contributed by atoms with Gasteiger partial charge in [-0.25, -0.2) is 13.1 Å². The number of hydrogen-bond acceptors (Lipinski definition) is 4. The van der Waals surface area contributed by atoms with Crippen LogP contribution < -0.4 is 10.0 Å². The van der Waals surface area contributed by atoms with Crippen LogP contribution in [0.1, 0.15) is 31.7 Å². The van der Waals surface area contributed by atoms with Gasteiger partial charge in [0, 0.05) is 18.7 Å². The molecule has 1 aliphatic rings. The van der Waals surface area contributed by atoms with Crippen LogP contribution in [0.3, 0.4) is 0 Å². The Labute approximate surface area is 108 Å². The molecule has 6 nitrogen and oxygen atoms in total. The molecule has 0 saturated heterocycles. The minimum Gasteiger partial charge on any atom is -0.313 e. The topological polar surface area (TPSA) is 86.9 Å². The zero-order valence-corrected chi connectivity index (χ0v) is 11.4. The van der Waals surface area contributed by atoms with Crippen LogP contribution in [0.4, 0.5) is 0 Å². The average Bonchev–Trinajstić information content (AvgIpc) is 2.72. The van der Waals surface area contributed by atoms with Gasteiger partial charge in [-0.05, 0) is 25.3 Å². The first-order valence-corrected chi connectivity index (χ1v) is 7.84. The molecule has 102 valence electrons. The lowest BCUT2D eigenvalue weighted by atomic mass is 9.86. The van der Waals surface area contributed by atoms with Gasteiger partial charge in [-0.3, -0.25) is 5.10 Å². The molecule has 2 rings (SSSR count). The van der Waals surface area contributed by atoms with Gasteiger partial charge in [-0.15, -0.1) is 0 Å². The Bertz CT molecular complexity index is 479. The van der Waals surface area contributed by atoms with E-state index in [-0.39, 0.29) is 5.03 Å². The Kier molecular flexibility index (Phi) is 4.36. The van der Waals surface area contributed by atoms with Crippen LogP contribution in [0.15, 0.2) is 11.2 Å². The minimum atomic E-state index is -3.46. The summed E-state index contributed by atoms with van der Waals surface area (Å²) in [6.45, 7) is 3.80. The standard InChI is InChI=1S/C11H20N4O2S/c1-2-12-7-10-8-13-15-11(10)18(16,17)14-6-9-4-3-5-9/h8-9,12,14H,2-7H2,1H3,(H,13,15). The highest BCUT2D eigenvalue weighted by atomic mass is 32.2. The smallest absolute Gasteiger partial charge is 0.257 e. The quantitative estimate of drug-likeness (QED) is 0.678. The first-order valence-electron chi connectivity index (χ1n) is 6.36. The number of H-pyrrole nitrogens is 1. The zero-order valence-electron chi connectivity index (χ0n) is 10.6. The van der Waals surface area contributed by atoms with Gasteiger partial charge in [0.1, 0.15) is 0 Å². The highest BCUT2D eigenvalue weighted by Gasteiger charge is 2.24. The summed E-state index contributed by atoms with van der Waals surface area (Å²) in [6, 6.07) is 0. The fourth-order valence-corrected chi connectivity index (χ4v) is 3.16. The largest absolute Gasteiger partial charge is 0.313 e. The molecule has 0 radical (unpaired) electrons. The molecule has 0 aromatic carbocycles. The summed E-state index contributed by atoms with van der Waals surface area (Å²) in [5, 5.41) is 9.67. The van der Waals surface area contributed by atoms with Crippen molar-refractivity contribution in [1.29, 1.82) is 0 Å². The number of rotatable bonds is 7. The molecule has 1 heterocycles. The second-order valence-corrected chi connectivity index (χ2v) is 6.36. The minimum absolute atomic E-state index is 0.183. The van der Waals surface area contributed by atoms with Crippen molar-refractivity contribution in [2.75, 3.05) is 13.1 Å². The van der Waals surface area contributed by atoms with E-state index in [9.17, 15) is 8.42 Å². The van der Waals surface area contributed by atoms with E-state index >= 15 is 0 Å². The molecule has 0 unspecified atom stereocenters. The molecule has 18 heavy (non-hydrogen) atoms. The van der Waals surface area contributed by atoms with Gasteiger partial charge < -0.3 is 5.32 Å². The van der Waals surface area contributed by atoms with Gasteiger partial charge >= 0.3 is 0 Å². The first kappa shape index (κ1) is 13.5. The molecule has 1 saturated carbocycles. The Hall–Kier alpha value is -0.920. The molecule has 3 N–H and O–H groups in total. The van der Waals surface area contributed by atoms with E-state index in [1.54, 1.807) is 6.20 Å². The van der Waals surface area contributed by atoms with Crippen LogP contribution in [0.5, 0.6) is 0 Å². The van der Waals surface area contributed by atoms with Crippen LogP contribution in [0.25, 0.3) is 0 Å². The van der Waals surface area contributed by atoms with Crippen LogP contribution in [-0.2, 0) is 16.6 Å². The molecule has 0 aliphatic heterocycles. The summed E-state index contributed by atoms with van der Waals surface area (Å²) in [5.74, 6) is 0.500. The van der Waals surface area contributed by atoms with Gasteiger partial charge in [0.05, 0.1) is 6.20 Å². The maximum absolute atomic E-state index is 12.1. The van der Waals surface area contributed by atoms with Crippen molar-refractivity contribution < 1.29 is 8.42 Å². The van der Waals surface area contributed by atoms with Crippen molar-refractivity contribution in [3.05, 3.63) is 11.8 Å². The molecule has 0 spiro atoms. The molecule has 1 aromatic heterocycles. The van der Waals surface area contributed by atoms with E-state index in [2.05, 4.69) is 20.2 Å². The highest BCUT2D eigenvalue weighted by Crippen LogP contribution is 2.25. The normalized spacial score (nSPS) is 16.7. The monoisotopic (exact) mass is 272 g/mol. The molecule has 1 aliphatic carbocycles. The fourth-order valence-electron chi connectivity index (χ4n) is 1.91. The third-order valence-corrected chi connectivity index (χ3v) is 4.74. The second kappa shape index (κ2) is 5.81. The molecule has 0 atom stereocenters. The van der Waals surface area contributed by atoms with Gasteiger partial charge in [0.2, 0.25) is 0 Å². The van der Waals surface area contributed by atoms with Crippen molar-refractivity contribution in [1.82, 2.24) is 20.2 Å². The van der Waals surface area contributed by atoms with E-state index in [4.69, 9.17) is 0 Å². The van der Waals surface area contributed by atoms with Crippen LogP contribution in [0.2, 0.25) is 0 Å². The molecular weight excluding hydrogens is 252 g/mol.